The van der Waals surface area contributed by atoms with Crippen LogP contribution in [0.3, 0.4) is 0 Å². The van der Waals surface area contributed by atoms with Crippen LogP contribution in [-0.2, 0) is 14.3 Å². The number of thiophene rings is 1. The molecule has 0 aliphatic heterocycles. The van der Waals surface area contributed by atoms with Crippen LogP contribution in [0.25, 0.3) is 10.2 Å². The van der Waals surface area contributed by atoms with Crippen molar-refractivity contribution in [3.63, 3.8) is 0 Å². The maximum absolute atomic E-state index is 13.5. The molecule has 0 spiro atoms. The van der Waals surface area contributed by atoms with E-state index in [2.05, 4.69) is 10.6 Å². The SMILES string of the molecule is CCOC(=O)c1c(NC(C)=O)c2c(C)c(C)sc2n1[C@H](CC)C(=O)Nc1cc(Cl)ccc1C. The lowest BCUT2D eigenvalue weighted by atomic mass is 10.1. The highest BCUT2D eigenvalue weighted by Gasteiger charge is 2.33. The third-order valence-corrected chi connectivity index (χ3v) is 6.98. The highest BCUT2D eigenvalue weighted by Crippen LogP contribution is 2.43. The number of anilines is 2. The number of carbonyl (C=O) groups is 3. The number of aryl methyl sites for hydroxylation is 3. The highest BCUT2D eigenvalue weighted by atomic mass is 35.5. The van der Waals surface area contributed by atoms with Gasteiger partial charge in [-0.2, -0.15) is 0 Å². The van der Waals surface area contributed by atoms with Crippen LogP contribution in [-0.4, -0.2) is 29.0 Å². The number of hydrogen-bond acceptors (Lipinski definition) is 5. The lowest BCUT2D eigenvalue weighted by molar-refractivity contribution is -0.119. The number of hydrogen-bond donors (Lipinski definition) is 2. The van der Waals surface area contributed by atoms with Crippen molar-refractivity contribution in [2.75, 3.05) is 17.2 Å². The van der Waals surface area contributed by atoms with Gasteiger partial charge in [-0.3, -0.25) is 9.59 Å². The number of halogens is 1. The summed E-state index contributed by atoms with van der Waals surface area (Å²) in [5.74, 6) is -1.19. The van der Waals surface area contributed by atoms with Crippen molar-refractivity contribution in [2.24, 2.45) is 0 Å². The fourth-order valence-corrected chi connectivity index (χ4v) is 5.23. The zero-order valence-corrected chi connectivity index (χ0v) is 21.2. The van der Waals surface area contributed by atoms with Crippen molar-refractivity contribution < 1.29 is 19.1 Å². The first-order chi connectivity index (χ1) is 15.6. The van der Waals surface area contributed by atoms with E-state index in [-0.39, 0.29) is 24.1 Å². The molecule has 0 saturated heterocycles. The summed E-state index contributed by atoms with van der Waals surface area (Å²) < 4.78 is 7.04. The summed E-state index contributed by atoms with van der Waals surface area (Å²) in [5, 5.41) is 7.03. The van der Waals surface area contributed by atoms with Gasteiger partial charge in [-0.25, -0.2) is 4.79 Å². The van der Waals surface area contributed by atoms with Gasteiger partial charge in [0.25, 0.3) is 0 Å². The summed E-state index contributed by atoms with van der Waals surface area (Å²) in [6, 6.07) is 4.57. The highest BCUT2D eigenvalue weighted by molar-refractivity contribution is 7.19. The molecule has 1 atom stereocenters. The minimum atomic E-state index is -0.717. The van der Waals surface area contributed by atoms with Gasteiger partial charge < -0.3 is 19.9 Å². The molecule has 0 fully saturated rings. The lowest BCUT2D eigenvalue weighted by Crippen LogP contribution is -2.28. The lowest BCUT2D eigenvalue weighted by Gasteiger charge is -2.21. The standard InChI is InChI=1S/C24H28ClN3O4S/c1-7-18(22(30)27-17-11-16(25)10-9-12(17)3)28-21(24(31)32-8-2)20(26-15(6)29)19-13(4)14(5)33-23(19)28/h9-11,18H,7-8H2,1-6H3,(H,26,29)(H,27,30)/t18-/m1/s1. The Bertz CT molecular complexity index is 1240. The average molecular weight is 490 g/mol. The third-order valence-electron chi connectivity index (χ3n) is 5.54. The van der Waals surface area contributed by atoms with Gasteiger partial charge in [0.2, 0.25) is 11.8 Å². The van der Waals surface area contributed by atoms with E-state index in [1.807, 2.05) is 33.8 Å². The number of esters is 1. The molecule has 2 aromatic heterocycles. The van der Waals surface area contributed by atoms with E-state index in [0.717, 1.165) is 26.2 Å². The Labute approximate surface area is 202 Å². The van der Waals surface area contributed by atoms with E-state index in [1.54, 1.807) is 23.6 Å². The molecule has 2 N–H and O–H groups in total. The minimum Gasteiger partial charge on any atom is -0.461 e. The van der Waals surface area contributed by atoms with Gasteiger partial charge in [-0.1, -0.05) is 24.6 Å². The van der Waals surface area contributed by atoms with Crippen molar-refractivity contribution in [3.05, 3.63) is 44.9 Å². The molecule has 0 saturated carbocycles. The predicted molar refractivity (Wildman–Crippen MR) is 134 cm³/mol. The van der Waals surface area contributed by atoms with Crippen molar-refractivity contribution >= 4 is 62.3 Å². The Balaban J connectivity index is 2.23. The molecule has 33 heavy (non-hydrogen) atoms. The molecule has 3 rings (SSSR count). The number of aromatic nitrogens is 1. The number of nitrogens with zero attached hydrogens (tertiary/aromatic N) is 1. The summed E-state index contributed by atoms with van der Waals surface area (Å²) in [4.78, 5) is 40.4. The summed E-state index contributed by atoms with van der Waals surface area (Å²) in [6.07, 6.45) is 0.414. The number of nitrogens with one attached hydrogen (secondary N) is 2. The van der Waals surface area contributed by atoms with Crippen molar-refractivity contribution in [2.45, 2.75) is 54.0 Å². The molecule has 2 heterocycles. The Morgan fingerprint density at radius 2 is 1.85 bits per heavy atom. The van der Waals surface area contributed by atoms with Crippen molar-refractivity contribution in [3.8, 4) is 0 Å². The van der Waals surface area contributed by atoms with Gasteiger partial charge in [-0.15, -0.1) is 11.3 Å². The smallest absolute Gasteiger partial charge is 0.357 e. The Hall–Kier alpha value is -2.84. The predicted octanol–water partition coefficient (Wildman–Crippen LogP) is 6.01. The maximum Gasteiger partial charge on any atom is 0.357 e. The molecule has 3 aromatic rings. The number of rotatable bonds is 7. The number of ether oxygens (including phenoxy) is 1. The fourth-order valence-electron chi connectivity index (χ4n) is 3.84. The van der Waals surface area contributed by atoms with E-state index in [0.29, 0.717) is 22.8 Å². The zero-order valence-electron chi connectivity index (χ0n) is 19.6. The second-order valence-electron chi connectivity index (χ2n) is 7.83. The van der Waals surface area contributed by atoms with Crippen LogP contribution in [0, 0.1) is 20.8 Å². The number of benzene rings is 1. The monoisotopic (exact) mass is 489 g/mol. The minimum absolute atomic E-state index is 0.167. The number of fused-ring (bicyclic) bond motifs is 1. The molecule has 0 bridgehead atoms. The van der Waals surface area contributed by atoms with Gasteiger partial charge in [0, 0.05) is 27.9 Å². The molecular weight excluding hydrogens is 462 g/mol. The average Bonchev–Trinajstić information content (AvgIpc) is 3.19. The van der Waals surface area contributed by atoms with E-state index in [1.165, 1.54) is 18.3 Å². The molecule has 2 amide bonds. The molecule has 1 aromatic carbocycles. The van der Waals surface area contributed by atoms with Crippen molar-refractivity contribution in [1.29, 1.82) is 0 Å². The van der Waals surface area contributed by atoms with Crippen LogP contribution >= 0.6 is 22.9 Å². The summed E-state index contributed by atoms with van der Waals surface area (Å²) in [7, 11) is 0. The van der Waals surface area contributed by atoms with Crippen LogP contribution in [0.4, 0.5) is 11.4 Å². The molecular formula is C24H28ClN3O4S. The molecule has 0 aliphatic carbocycles. The third kappa shape index (κ3) is 4.77. The number of carbonyl (C=O) groups excluding carboxylic acids is 3. The quantitative estimate of drug-likeness (QED) is 0.398. The second-order valence-corrected chi connectivity index (χ2v) is 9.47. The topological polar surface area (TPSA) is 89.4 Å². The van der Waals surface area contributed by atoms with Gasteiger partial charge >= 0.3 is 5.97 Å². The first-order valence-corrected chi connectivity index (χ1v) is 12.0. The van der Waals surface area contributed by atoms with Crippen LogP contribution in [0.15, 0.2) is 18.2 Å². The Kier molecular flexibility index (Phi) is 7.49. The van der Waals surface area contributed by atoms with Crippen molar-refractivity contribution in [1.82, 2.24) is 4.57 Å². The Morgan fingerprint density at radius 1 is 1.15 bits per heavy atom. The summed E-state index contributed by atoms with van der Waals surface area (Å²) >= 11 is 7.60. The molecule has 9 heteroatoms. The van der Waals surface area contributed by atoms with Gasteiger partial charge in [0.1, 0.15) is 10.9 Å². The Morgan fingerprint density at radius 3 is 2.45 bits per heavy atom. The summed E-state index contributed by atoms with van der Waals surface area (Å²) in [5.41, 5.74) is 2.97. The fraction of sp³-hybridized carbons (Fsp3) is 0.375. The zero-order chi connectivity index (χ0) is 24.4. The normalized spacial score (nSPS) is 12.0. The van der Waals surface area contributed by atoms with E-state index in [4.69, 9.17) is 16.3 Å². The molecule has 7 nitrogen and oxygen atoms in total. The molecule has 0 radical (unpaired) electrons. The first kappa shape index (κ1) is 24.8. The maximum atomic E-state index is 13.5. The van der Waals surface area contributed by atoms with E-state index < -0.39 is 12.0 Å². The van der Waals surface area contributed by atoms with Crippen LogP contribution in [0.2, 0.25) is 5.02 Å². The molecule has 0 unspecified atom stereocenters. The van der Waals surface area contributed by atoms with Crippen LogP contribution in [0.1, 0.15) is 59.7 Å². The second kappa shape index (κ2) is 9.97. The first-order valence-electron chi connectivity index (χ1n) is 10.8. The molecule has 176 valence electrons. The van der Waals surface area contributed by atoms with E-state index >= 15 is 0 Å². The van der Waals surface area contributed by atoms with Gasteiger partial charge in [-0.05, 0) is 57.4 Å². The number of amides is 2. The summed E-state index contributed by atoms with van der Waals surface area (Å²) in [6.45, 7) is 10.9. The largest absolute Gasteiger partial charge is 0.461 e. The molecule has 0 aliphatic rings. The van der Waals surface area contributed by atoms with Crippen LogP contribution < -0.4 is 10.6 Å². The van der Waals surface area contributed by atoms with E-state index in [9.17, 15) is 14.4 Å². The van der Waals surface area contributed by atoms with Gasteiger partial charge in [0.15, 0.2) is 5.69 Å². The van der Waals surface area contributed by atoms with Gasteiger partial charge in [0.05, 0.1) is 12.3 Å². The van der Waals surface area contributed by atoms with Crippen LogP contribution in [0.5, 0.6) is 0 Å².